The molecule has 100 valence electrons. The van der Waals surface area contributed by atoms with Gasteiger partial charge in [0.25, 0.3) is 0 Å². The lowest BCUT2D eigenvalue weighted by atomic mass is 10.1. The van der Waals surface area contributed by atoms with E-state index in [0.717, 1.165) is 31.9 Å². The van der Waals surface area contributed by atoms with Crippen molar-refractivity contribution >= 4 is 0 Å². The molecule has 1 fully saturated rings. The topological polar surface area (TPSA) is 51.4 Å². The van der Waals surface area contributed by atoms with E-state index in [9.17, 15) is 0 Å². The Morgan fingerprint density at radius 2 is 2.11 bits per heavy atom. The second-order valence-corrected chi connectivity index (χ2v) is 4.77. The third-order valence-electron chi connectivity index (χ3n) is 3.21. The van der Waals surface area contributed by atoms with E-state index in [0.29, 0.717) is 18.3 Å². The normalized spacial score (nSPS) is 16.7. The van der Waals surface area contributed by atoms with Crippen molar-refractivity contribution in [3.05, 3.63) is 35.7 Å². The number of ether oxygens (including phenoxy) is 1. The molecular formula is C14H17N3O2. The third-order valence-corrected chi connectivity index (χ3v) is 3.21. The molecule has 0 bridgehead atoms. The van der Waals surface area contributed by atoms with E-state index in [-0.39, 0.29) is 0 Å². The first-order valence-electron chi connectivity index (χ1n) is 6.51. The van der Waals surface area contributed by atoms with Crippen molar-refractivity contribution < 1.29 is 9.26 Å². The van der Waals surface area contributed by atoms with E-state index in [1.807, 2.05) is 12.1 Å². The number of rotatable bonds is 3. The molecule has 2 heterocycles. The van der Waals surface area contributed by atoms with Crippen LogP contribution in [-0.4, -0.2) is 41.3 Å². The molecule has 1 aliphatic heterocycles. The standard InChI is InChI=1S/C14H17N3O2/c1-11-3-2-4-12(9-11)14-15-13(19-16-14)10-17-5-7-18-8-6-17/h2-4,9H,5-8,10H2,1H3. The van der Waals surface area contributed by atoms with Crippen LogP contribution in [0.5, 0.6) is 0 Å². The molecule has 0 unspecified atom stereocenters. The number of morpholine rings is 1. The van der Waals surface area contributed by atoms with Crippen LogP contribution in [0, 0.1) is 6.92 Å². The summed E-state index contributed by atoms with van der Waals surface area (Å²) in [6, 6.07) is 8.11. The van der Waals surface area contributed by atoms with Crippen LogP contribution in [0.3, 0.4) is 0 Å². The first-order chi connectivity index (χ1) is 9.31. The van der Waals surface area contributed by atoms with E-state index in [2.05, 4.69) is 34.1 Å². The van der Waals surface area contributed by atoms with Gasteiger partial charge in [-0.2, -0.15) is 4.98 Å². The molecule has 0 radical (unpaired) electrons. The predicted octanol–water partition coefficient (Wildman–Crippen LogP) is 1.88. The van der Waals surface area contributed by atoms with Gasteiger partial charge in [0.05, 0.1) is 19.8 Å². The Kier molecular flexibility index (Phi) is 3.57. The highest BCUT2D eigenvalue weighted by Gasteiger charge is 2.15. The van der Waals surface area contributed by atoms with Gasteiger partial charge in [-0.15, -0.1) is 0 Å². The fraction of sp³-hybridized carbons (Fsp3) is 0.429. The van der Waals surface area contributed by atoms with Gasteiger partial charge < -0.3 is 9.26 Å². The summed E-state index contributed by atoms with van der Waals surface area (Å²) in [6.07, 6.45) is 0. The van der Waals surface area contributed by atoms with Gasteiger partial charge in [0.1, 0.15) is 0 Å². The first kappa shape index (κ1) is 12.3. The minimum atomic E-state index is 0.659. The summed E-state index contributed by atoms with van der Waals surface area (Å²) in [7, 11) is 0. The molecule has 0 spiro atoms. The smallest absolute Gasteiger partial charge is 0.241 e. The number of benzene rings is 1. The molecule has 3 rings (SSSR count). The molecule has 1 aliphatic rings. The van der Waals surface area contributed by atoms with Crippen LogP contribution in [0.4, 0.5) is 0 Å². The highest BCUT2D eigenvalue weighted by molar-refractivity contribution is 5.55. The van der Waals surface area contributed by atoms with Crippen molar-refractivity contribution in [3.8, 4) is 11.4 Å². The number of hydrogen-bond donors (Lipinski definition) is 0. The maximum absolute atomic E-state index is 5.32. The Bertz CT molecular complexity index is 547. The van der Waals surface area contributed by atoms with E-state index >= 15 is 0 Å². The molecule has 1 aromatic carbocycles. The van der Waals surface area contributed by atoms with Crippen LogP contribution in [0.25, 0.3) is 11.4 Å². The second kappa shape index (κ2) is 5.50. The summed E-state index contributed by atoms with van der Waals surface area (Å²) < 4.78 is 10.6. The van der Waals surface area contributed by atoms with Gasteiger partial charge in [0.2, 0.25) is 11.7 Å². The van der Waals surface area contributed by atoms with E-state index in [4.69, 9.17) is 9.26 Å². The average Bonchev–Trinajstić information content (AvgIpc) is 2.88. The lowest BCUT2D eigenvalue weighted by molar-refractivity contribution is 0.0297. The summed E-state index contributed by atoms with van der Waals surface area (Å²) in [5.41, 5.74) is 2.19. The minimum Gasteiger partial charge on any atom is -0.379 e. The predicted molar refractivity (Wildman–Crippen MR) is 70.6 cm³/mol. The molecule has 19 heavy (non-hydrogen) atoms. The van der Waals surface area contributed by atoms with Crippen LogP contribution in [0.15, 0.2) is 28.8 Å². The molecule has 0 saturated carbocycles. The largest absolute Gasteiger partial charge is 0.379 e. The molecule has 2 aromatic rings. The molecule has 5 nitrogen and oxygen atoms in total. The Morgan fingerprint density at radius 3 is 2.89 bits per heavy atom. The fourth-order valence-electron chi connectivity index (χ4n) is 2.17. The molecular weight excluding hydrogens is 242 g/mol. The molecule has 0 amide bonds. The van der Waals surface area contributed by atoms with Gasteiger partial charge in [-0.3, -0.25) is 4.90 Å². The van der Waals surface area contributed by atoms with Crippen molar-refractivity contribution in [1.29, 1.82) is 0 Å². The average molecular weight is 259 g/mol. The lowest BCUT2D eigenvalue weighted by Crippen LogP contribution is -2.35. The van der Waals surface area contributed by atoms with Crippen LogP contribution in [0.2, 0.25) is 0 Å². The molecule has 0 N–H and O–H groups in total. The zero-order valence-corrected chi connectivity index (χ0v) is 11.0. The van der Waals surface area contributed by atoms with Crippen LogP contribution < -0.4 is 0 Å². The number of aryl methyl sites for hydroxylation is 1. The number of aromatic nitrogens is 2. The van der Waals surface area contributed by atoms with E-state index in [1.54, 1.807) is 0 Å². The fourth-order valence-corrected chi connectivity index (χ4v) is 2.17. The van der Waals surface area contributed by atoms with Crippen LogP contribution in [-0.2, 0) is 11.3 Å². The first-order valence-corrected chi connectivity index (χ1v) is 6.51. The van der Waals surface area contributed by atoms with Gasteiger partial charge in [-0.05, 0) is 13.0 Å². The van der Waals surface area contributed by atoms with Gasteiger partial charge in [-0.1, -0.05) is 28.9 Å². The minimum absolute atomic E-state index is 0.659. The van der Waals surface area contributed by atoms with Crippen LogP contribution >= 0.6 is 0 Å². The highest BCUT2D eigenvalue weighted by Crippen LogP contribution is 2.17. The molecule has 5 heteroatoms. The van der Waals surface area contributed by atoms with Gasteiger partial charge in [0, 0.05) is 18.7 Å². The summed E-state index contributed by atoms with van der Waals surface area (Å²) >= 11 is 0. The highest BCUT2D eigenvalue weighted by atomic mass is 16.5. The third kappa shape index (κ3) is 3.00. The maximum atomic E-state index is 5.32. The molecule has 0 aliphatic carbocycles. The van der Waals surface area contributed by atoms with Gasteiger partial charge in [-0.25, -0.2) is 0 Å². The van der Waals surface area contributed by atoms with Crippen molar-refractivity contribution in [2.24, 2.45) is 0 Å². The maximum Gasteiger partial charge on any atom is 0.241 e. The van der Waals surface area contributed by atoms with Gasteiger partial charge >= 0.3 is 0 Å². The summed E-state index contributed by atoms with van der Waals surface area (Å²) in [5.74, 6) is 1.32. The van der Waals surface area contributed by atoms with Crippen molar-refractivity contribution in [3.63, 3.8) is 0 Å². The monoisotopic (exact) mass is 259 g/mol. The zero-order valence-electron chi connectivity index (χ0n) is 11.0. The summed E-state index contributed by atoms with van der Waals surface area (Å²) in [4.78, 5) is 6.72. The van der Waals surface area contributed by atoms with Crippen LogP contribution in [0.1, 0.15) is 11.5 Å². The van der Waals surface area contributed by atoms with Gasteiger partial charge in [0.15, 0.2) is 0 Å². The molecule has 1 aromatic heterocycles. The Hall–Kier alpha value is -1.72. The van der Waals surface area contributed by atoms with Crippen molar-refractivity contribution in [2.75, 3.05) is 26.3 Å². The zero-order chi connectivity index (χ0) is 13.1. The lowest BCUT2D eigenvalue weighted by Gasteiger charge is -2.24. The Balaban J connectivity index is 1.72. The summed E-state index contributed by atoms with van der Waals surface area (Å²) in [5, 5.41) is 4.05. The van der Waals surface area contributed by atoms with Crippen molar-refractivity contribution in [2.45, 2.75) is 13.5 Å². The summed E-state index contributed by atoms with van der Waals surface area (Å²) in [6.45, 7) is 6.14. The Labute approximate surface area is 112 Å². The number of hydrogen-bond acceptors (Lipinski definition) is 5. The molecule has 1 saturated heterocycles. The van der Waals surface area contributed by atoms with E-state index in [1.165, 1.54) is 5.56 Å². The quantitative estimate of drug-likeness (QED) is 0.842. The second-order valence-electron chi connectivity index (χ2n) is 4.77. The Morgan fingerprint density at radius 1 is 1.26 bits per heavy atom. The number of nitrogens with zero attached hydrogens (tertiary/aromatic N) is 3. The SMILES string of the molecule is Cc1cccc(-c2noc(CN3CCOCC3)n2)c1. The van der Waals surface area contributed by atoms with Crippen molar-refractivity contribution in [1.82, 2.24) is 15.0 Å². The molecule has 0 atom stereocenters. The van der Waals surface area contributed by atoms with E-state index < -0.39 is 0 Å².